The molecule has 34 heavy (non-hydrogen) atoms. The van der Waals surface area contributed by atoms with Gasteiger partial charge in [-0.2, -0.15) is 10.1 Å². The van der Waals surface area contributed by atoms with Gasteiger partial charge in [-0.25, -0.2) is 4.68 Å². The van der Waals surface area contributed by atoms with E-state index in [0.29, 0.717) is 24.9 Å². The SMILES string of the molecule is Cc1ccccc1-c1noc(CN2CCN(Cn3nc(Cc4ccccc4)n(C)c3=S)CC2)n1. The van der Waals surface area contributed by atoms with Crippen LogP contribution in [0.3, 0.4) is 0 Å². The van der Waals surface area contributed by atoms with E-state index in [9.17, 15) is 0 Å². The van der Waals surface area contributed by atoms with E-state index < -0.39 is 0 Å². The molecule has 1 aliphatic rings. The summed E-state index contributed by atoms with van der Waals surface area (Å²) in [5.74, 6) is 2.29. The standard InChI is InChI=1S/C25H29N7OS/c1-19-8-6-7-11-21(19)24-26-23(33-28-24)17-30-12-14-31(15-13-30)18-32-25(34)29(2)22(27-32)16-20-9-4-3-5-10-20/h3-11H,12-18H2,1-2H3. The lowest BCUT2D eigenvalue weighted by molar-refractivity contribution is 0.0907. The minimum atomic E-state index is 0.655. The molecule has 176 valence electrons. The van der Waals surface area contributed by atoms with Gasteiger partial charge in [-0.3, -0.25) is 9.80 Å². The fourth-order valence-corrected chi connectivity index (χ4v) is 4.48. The van der Waals surface area contributed by atoms with Gasteiger partial charge in [0.2, 0.25) is 11.7 Å². The van der Waals surface area contributed by atoms with Crippen LogP contribution in [0.2, 0.25) is 0 Å². The summed E-state index contributed by atoms with van der Waals surface area (Å²) in [6.07, 6.45) is 0.774. The quantitative estimate of drug-likeness (QED) is 0.378. The first-order valence-corrected chi connectivity index (χ1v) is 12.0. The highest BCUT2D eigenvalue weighted by Gasteiger charge is 2.21. The average Bonchev–Trinajstić information content (AvgIpc) is 3.42. The lowest BCUT2D eigenvalue weighted by atomic mass is 10.1. The van der Waals surface area contributed by atoms with Crippen molar-refractivity contribution in [1.29, 1.82) is 0 Å². The summed E-state index contributed by atoms with van der Waals surface area (Å²) < 4.78 is 10.2. The predicted molar refractivity (Wildman–Crippen MR) is 133 cm³/mol. The Morgan fingerprint density at radius 2 is 1.65 bits per heavy atom. The predicted octanol–water partition coefficient (Wildman–Crippen LogP) is 3.68. The van der Waals surface area contributed by atoms with Crippen molar-refractivity contribution in [3.8, 4) is 11.4 Å². The van der Waals surface area contributed by atoms with Crippen molar-refractivity contribution in [2.24, 2.45) is 7.05 Å². The van der Waals surface area contributed by atoms with Crippen LogP contribution in [0.25, 0.3) is 11.4 Å². The van der Waals surface area contributed by atoms with Crippen molar-refractivity contribution in [3.63, 3.8) is 0 Å². The second-order valence-electron chi connectivity index (χ2n) is 8.78. The van der Waals surface area contributed by atoms with Crippen molar-refractivity contribution >= 4 is 12.2 Å². The molecule has 0 radical (unpaired) electrons. The first-order valence-electron chi connectivity index (χ1n) is 11.6. The minimum absolute atomic E-state index is 0.655. The highest BCUT2D eigenvalue weighted by Crippen LogP contribution is 2.20. The lowest BCUT2D eigenvalue weighted by Gasteiger charge is -2.33. The van der Waals surface area contributed by atoms with Crippen LogP contribution in [0.1, 0.15) is 22.8 Å². The van der Waals surface area contributed by atoms with E-state index in [2.05, 4.69) is 57.2 Å². The molecule has 1 fully saturated rings. The van der Waals surface area contributed by atoms with E-state index in [0.717, 1.165) is 54.3 Å². The van der Waals surface area contributed by atoms with E-state index in [1.54, 1.807) is 0 Å². The van der Waals surface area contributed by atoms with Gasteiger partial charge < -0.3 is 9.09 Å². The van der Waals surface area contributed by atoms with E-state index in [-0.39, 0.29) is 0 Å². The lowest BCUT2D eigenvalue weighted by Crippen LogP contribution is -2.46. The van der Waals surface area contributed by atoms with E-state index in [4.69, 9.17) is 21.8 Å². The Morgan fingerprint density at radius 3 is 2.41 bits per heavy atom. The van der Waals surface area contributed by atoms with Gasteiger partial charge in [-0.15, -0.1) is 0 Å². The fourth-order valence-electron chi connectivity index (χ4n) is 4.28. The second-order valence-corrected chi connectivity index (χ2v) is 9.15. The van der Waals surface area contributed by atoms with Crippen molar-refractivity contribution in [1.82, 2.24) is 34.3 Å². The van der Waals surface area contributed by atoms with Crippen LogP contribution in [-0.2, 0) is 26.7 Å². The zero-order valence-electron chi connectivity index (χ0n) is 19.6. The molecule has 4 aromatic rings. The van der Waals surface area contributed by atoms with Crippen LogP contribution < -0.4 is 0 Å². The maximum Gasteiger partial charge on any atom is 0.241 e. The average molecular weight is 476 g/mol. The topological polar surface area (TPSA) is 68.2 Å². The Morgan fingerprint density at radius 1 is 0.941 bits per heavy atom. The van der Waals surface area contributed by atoms with Gasteiger partial charge in [0.1, 0.15) is 5.82 Å². The van der Waals surface area contributed by atoms with Gasteiger partial charge >= 0.3 is 0 Å². The van der Waals surface area contributed by atoms with Crippen molar-refractivity contribution in [2.45, 2.75) is 26.6 Å². The highest BCUT2D eigenvalue weighted by atomic mass is 32.1. The molecule has 9 heteroatoms. The molecule has 3 heterocycles. The van der Waals surface area contributed by atoms with Crippen LogP contribution in [0.4, 0.5) is 0 Å². The summed E-state index contributed by atoms with van der Waals surface area (Å²) in [5, 5.41) is 9.00. The Hall–Kier alpha value is -3.14. The van der Waals surface area contributed by atoms with Crippen LogP contribution in [-0.4, -0.2) is 60.5 Å². The molecule has 0 bridgehead atoms. The van der Waals surface area contributed by atoms with Crippen LogP contribution in [0.15, 0.2) is 59.1 Å². The summed E-state index contributed by atoms with van der Waals surface area (Å²) in [6.45, 7) is 7.15. The van der Waals surface area contributed by atoms with Gasteiger partial charge in [0.25, 0.3) is 0 Å². The summed E-state index contributed by atoms with van der Waals surface area (Å²) in [4.78, 5) is 9.36. The first-order chi connectivity index (χ1) is 16.6. The van der Waals surface area contributed by atoms with Crippen molar-refractivity contribution in [2.75, 3.05) is 26.2 Å². The summed E-state index contributed by atoms with van der Waals surface area (Å²) in [6, 6.07) is 18.5. The molecule has 1 saturated heterocycles. The van der Waals surface area contributed by atoms with E-state index >= 15 is 0 Å². The third-order valence-corrected chi connectivity index (χ3v) is 6.83. The molecule has 0 N–H and O–H groups in total. The Balaban J connectivity index is 1.16. The Kier molecular flexibility index (Phi) is 6.66. The molecule has 2 aromatic carbocycles. The molecule has 0 unspecified atom stereocenters. The number of piperazine rings is 1. The third kappa shape index (κ3) is 5.01. The maximum absolute atomic E-state index is 5.66. The zero-order chi connectivity index (χ0) is 23.5. The Labute approximate surface area is 204 Å². The highest BCUT2D eigenvalue weighted by molar-refractivity contribution is 7.71. The molecule has 2 aromatic heterocycles. The molecule has 0 aliphatic carbocycles. The number of aryl methyl sites for hydroxylation is 1. The molecule has 0 atom stereocenters. The van der Waals surface area contributed by atoms with Gasteiger partial charge in [0.15, 0.2) is 4.77 Å². The molecule has 0 saturated carbocycles. The van der Waals surface area contributed by atoms with Crippen molar-refractivity contribution in [3.05, 3.63) is 82.2 Å². The molecule has 0 amide bonds. The largest absolute Gasteiger partial charge is 0.338 e. The summed E-state index contributed by atoms with van der Waals surface area (Å²) in [7, 11) is 2.00. The second kappa shape index (κ2) is 10.0. The summed E-state index contributed by atoms with van der Waals surface area (Å²) >= 11 is 5.66. The van der Waals surface area contributed by atoms with Gasteiger partial charge in [0.05, 0.1) is 13.2 Å². The molecular weight excluding hydrogens is 446 g/mol. The molecule has 0 spiro atoms. The van der Waals surface area contributed by atoms with E-state index in [1.165, 1.54) is 5.56 Å². The molecule has 8 nitrogen and oxygen atoms in total. The fraction of sp³-hybridized carbons (Fsp3) is 0.360. The van der Waals surface area contributed by atoms with Crippen LogP contribution >= 0.6 is 12.2 Å². The molecule has 5 rings (SSSR count). The van der Waals surface area contributed by atoms with Gasteiger partial charge in [-0.1, -0.05) is 59.8 Å². The first kappa shape index (κ1) is 22.6. The Bertz CT molecular complexity index is 1300. The number of hydrogen-bond donors (Lipinski definition) is 0. The van der Waals surface area contributed by atoms with Crippen molar-refractivity contribution < 1.29 is 4.52 Å². The number of nitrogens with zero attached hydrogens (tertiary/aromatic N) is 7. The summed E-state index contributed by atoms with van der Waals surface area (Å²) in [5.41, 5.74) is 3.39. The number of hydrogen-bond acceptors (Lipinski definition) is 7. The monoisotopic (exact) mass is 475 g/mol. The van der Waals surface area contributed by atoms with Gasteiger partial charge in [-0.05, 0) is 30.3 Å². The maximum atomic E-state index is 5.66. The zero-order valence-corrected chi connectivity index (χ0v) is 20.4. The van der Waals surface area contributed by atoms with Crippen LogP contribution in [0.5, 0.6) is 0 Å². The number of aromatic nitrogens is 5. The molecular formula is C25H29N7OS. The van der Waals surface area contributed by atoms with E-state index in [1.807, 2.05) is 40.6 Å². The number of benzene rings is 2. The van der Waals surface area contributed by atoms with Crippen LogP contribution in [0, 0.1) is 11.7 Å². The molecule has 1 aliphatic heterocycles. The number of rotatable bonds is 7. The third-order valence-electron chi connectivity index (χ3n) is 6.35. The van der Waals surface area contributed by atoms with Gasteiger partial charge in [0, 0.05) is 45.2 Å². The minimum Gasteiger partial charge on any atom is -0.338 e. The normalized spacial score (nSPS) is 15.1. The smallest absolute Gasteiger partial charge is 0.241 e.